The molecule has 1 saturated heterocycles. The molecule has 33 heavy (non-hydrogen) atoms. The van der Waals surface area contributed by atoms with Gasteiger partial charge in [0.2, 0.25) is 5.91 Å². The Morgan fingerprint density at radius 2 is 1.73 bits per heavy atom. The Morgan fingerprint density at radius 1 is 1.00 bits per heavy atom. The summed E-state index contributed by atoms with van der Waals surface area (Å²) in [5.74, 6) is 1.15. The highest BCUT2D eigenvalue weighted by Crippen LogP contribution is 2.49. The van der Waals surface area contributed by atoms with Crippen LogP contribution in [0, 0.1) is 17.8 Å². The molecule has 0 bridgehead atoms. The van der Waals surface area contributed by atoms with Gasteiger partial charge in [0.15, 0.2) is 0 Å². The van der Waals surface area contributed by atoms with E-state index in [-0.39, 0.29) is 35.6 Å². The van der Waals surface area contributed by atoms with Crippen LogP contribution in [0.5, 0.6) is 0 Å². The van der Waals surface area contributed by atoms with Crippen molar-refractivity contribution in [3.05, 3.63) is 59.8 Å². The molecular weight excluding hydrogens is 427 g/mol. The van der Waals surface area contributed by atoms with Crippen molar-refractivity contribution in [2.24, 2.45) is 17.8 Å². The highest BCUT2D eigenvalue weighted by atomic mass is 19.4. The SMILES string of the molecule is O=C(C1CCCCC1)N1CC(C2CC2)C(Nc2cc(C(F)(F)F)ccn2)C1c1ccccc1. The average Bonchev–Trinajstić information content (AvgIpc) is 3.61. The van der Waals surface area contributed by atoms with Gasteiger partial charge in [-0.2, -0.15) is 13.2 Å². The number of pyridine rings is 1. The van der Waals surface area contributed by atoms with Gasteiger partial charge < -0.3 is 10.2 Å². The van der Waals surface area contributed by atoms with E-state index in [2.05, 4.69) is 10.3 Å². The minimum Gasteiger partial charge on any atom is -0.365 e. The fraction of sp³-hybridized carbons (Fsp3) is 0.538. The Hall–Kier alpha value is -2.57. The molecule has 1 aliphatic heterocycles. The fourth-order valence-corrected chi connectivity index (χ4v) is 5.74. The molecule has 2 aliphatic carbocycles. The van der Waals surface area contributed by atoms with E-state index in [0.29, 0.717) is 12.5 Å². The molecule has 2 heterocycles. The monoisotopic (exact) mass is 457 g/mol. The number of anilines is 1. The number of alkyl halides is 3. The van der Waals surface area contributed by atoms with E-state index >= 15 is 0 Å². The number of likely N-dealkylation sites (tertiary alicyclic amines) is 1. The molecule has 1 N–H and O–H groups in total. The van der Waals surface area contributed by atoms with Gasteiger partial charge in [0.1, 0.15) is 5.82 Å². The first-order chi connectivity index (χ1) is 15.9. The van der Waals surface area contributed by atoms with E-state index in [0.717, 1.165) is 56.2 Å². The van der Waals surface area contributed by atoms with Crippen LogP contribution in [0.25, 0.3) is 0 Å². The van der Waals surface area contributed by atoms with Gasteiger partial charge in [-0.25, -0.2) is 4.98 Å². The summed E-state index contributed by atoms with van der Waals surface area (Å²) >= 11 is 0. The average molecular weight is 458 g/mol. The summed E-state index contributed by atoms with van der Waals surface area (Å²) in [6.07, 6.45) is 4.20. The second-order valence-electron chi connectivity index (χ2n) is 9.78. The molecule has 0 radical (unpaired) electrons. The van der Waals surface area contributed by atoms with Crippen molar-refractivity contribution in [3.63, 3.8) is 0 Å². The number of nitrogens with zero attached hydrogens (tertiary/aromatic N) is 2. The zero-order valence-corrected chi connectivity index (χ0v) is 18.6. The van der Waals surface area contributed by atoms with Crippen molar-refractivity contribution < 1.29 is 18.0 Å². The molecule has 1 aromatic heterocycles. The second kappa shape index (κ2) is 8.99. The van der Waals surface area contributed by atoms with Crippen molar-refractivity contribution in [2.45, 2.75) is 63.2 Å². The maximum atomic E-state index is 13.7. The smallest absolute Gasteiger partial charge is 0.365 e. The van der Waals surface area contributed by atoms with Crippen LogP contribution in [0.4, 0.5) is 19.0 Å². The van der Waals surface area contributed by atoms with Gasteiger partial charge in [-0.15, -0.1) is 0 Å². The summed E-state index contributed by atoms with van der Waals surface area (Å²) < 4.78 is 39.9. The van der Waals surface area contributed by atoms with Crippen LogP contribution in [0.3, 0.4) is 0 Å². The molecule has 3 unspecified atom stereocenters. The van der Waals surface area contributed by atoms with E-state index in [1.165, 1.54) is 12.6 Å². The van der Waals surface area contributed by atoms with Crippen molar-refractivity contribution in [2.75, 3.05) is 11.9 Å². The number of hydrogen-bond acceptors (Lipinski definition) is 3. The van der Waals surface area contributed by atoms with Crippen LogP contribution in [-0.2, 0) is 11.0 Å². The van der Waals surface area contributed by atoms with E-state index in [4.69, 9.17) is 0 Å². The lowest BCUT2D eigenvalue weighted by Crippen LogP contribution is -2.39. The maximum Gasteiger partial charge on any atom is 0.416 e. The van der Waals surface area contributed by atoms with Crippen LogP contribution >= 0.6 is 0 Å². The van der Waals surface area contributed by atoms with Crippen LogP contribution in [0.1, 0.15) is 62.1 Å². The standard InChI is InChI=1S/C26H30F3N3O/c27-26(28,29)20-13-14-30-22(15-20)31-23-21(17-11-12-17)16-32(24(23)18-7-3-1-4-8-18)25(33)19-9-5-2-6-10-19/h1,3-4,7-8,13-15,17,19,21,23-24H,2,5-6,9-12,16H2,(H,30,31). The molecule has 5 rings (SSSR count). The Bertz CT molecular complexity index is 970. The van der Waals surface area contributed by atoms with E-state index < -0.39 is 11.7 Å². The molecule has 0 spiro atoms. The zero-order valence-electron chi connectivity index (χ0n) is 18.6. The van der Waals surface area contributed by atoms with Gasteiger partial charge in [-0.1, -0.05) is 49.6 Å². The second-order valence-corrected chi connectivity index (χ2v) is 9.78. The van der Waals surface area contributed by atoms with Gasteiger partial charge >= 0.3 is 6.18 Å². The summed E-state index contributed by atoms with van der Waals surface area (Å²) in [5, 5.41) is 3.36. The molecule has 176 valence electrons. The molecule has 7 heteroatoms. The molecule has 3 aliphatic rings. The normalized spacial score (nSPS) is 26.4. The Morgan fingerprint density at radius 3 is 2.39 bits per heavy atom. The summed E-state index contributed by atoms with van der Waals surface area (Å²) in [5.41, 5.74) is 0.307. The van der Waals surface area contributed by atoms with Crippen LogP contribution < -0.4 is 5.32 Å². The third-order valence-corrected chi connectivity index (χ3v) is 7.55. The summed E-state index contributed by atoms with van der Waals surface area (Å²) in [4.78, 5) is 19.9. The molecule has 4 nitrogen and oxygen atoms in total. The lowest BCUT2D eigenvalue weighted by Gasteiger charge is -2.33. The first-order valence-corrected chi connectivity index (χ1v) is 12.1. The molecular formula is C26H30F3N3O. The first-order valence-electron chi connectivity index (χ1n) is 12.1. The molecule has 1 amide bonds. The topological polar surface area (TPSA) is 45.2 Å². The lowest BCUT2D eigenvalue weighted by atomic mass is 9.87. The van der Waals surface area contributed by atoms with Crippen molar-refractivity contribution in [3.8, 4) is 0 Å². The number of benzene rings is 1. The predicted octanol–water partition coefficient (Wildman–Crippen LogP) is 6.07. The zero-order chi connectivity index (χ0) is 23.0. The van der Waals surface area contributed by atoms with Gasteiger partial charge in [-0.3, -0.25) is 4.79 Å². The summed E-state index contributed by atoms with van der Waals surface area (Å²) in [7, 11) is 0. The number of carbonyl (C=O) groups is 1. The third kappa shape index (κ3) is 4.73. The molecule has 1 aromatic carbocycles. The largest absolute Gasteiger partial charge is 0.416 e. The number of hydrogen-bond donors (Lipinski definition) is 1. The number of nitrogens with one attached hydrogen (secondary N) is 1. The Labute approximate surface area is 192 Å². The van der Waals surface area contributed by atoms with Gasteiger partial charge in [0, 0.05) is 24.6 Å². The molecule has 3 fully saturated rings. The summed E-state index contributed by atoms with van der Waals surface area (Å²) in [6, 6.07) is 11.6. The number of aromatic nitrogens is 1. The molecule has 2 saturated carbocycles. The Balaban J connectivity index is 1.49. The van der Waals surface area contributed by atoms with Crippen molar-refractivity contribution >= 4 is 11.7 Å². The van der Waals surface area contributed by atoms with E-state index in [9.17, 15) is 18.0 Å². The van der Waals surface area contributed by atoms with Crippen LogP contribution in [0.15, 0.2) is 48.7 Å². The lowest BCUT2D eigenvalue weighted by molar-refractivity contribution is -0.138. The van der Waals surface area contributed by atoms with Gasteiger partial charge in [0.05, 0.1) is 17.6 Å². The predicted molar refractivity (Wildman–Crippen MR) is 120 cm³/mol. The van der Waals surface area contributed by atoms with Crippen LogP contribution in [0.2, 0.25) is 0 Å². The van der Waals surface area contributed by atoms with E-state index in [1.54, 1.807) is 0 Å². The molecule has 3 atom stereocenters. The van der Waals surface area contributed by atoms with Crippen molar-refractivity contribution in [1.82, 2.24) is 9.88 Å². The summed E-state index contributed by atoms with van der Waals surface area (Å²) in [6.45, 7) is 0.649. The number of rotatable bonds is 5. The van der Waals surface area contributed by atoms with Crippen LogP contribution in [-0.4, -0.2) is 28.4 Å². The highest BCUT2D eigenvalue weighted by molar-refractivity contribution is 5.80. The number of carbonyl (C=O) groups excluding carboxylic acids is 1. The minimum absolute atomic E-state index is 0.0512. The first kappa shape index (κ1) is 22.2. The number of amides is 1. The van der Waals surface area contributed by atoms with Crippen molar-refractivity contribution in [1.29, 1.82) is 0 Å². The quantitative estimate of drug-likeness (QED) is 0.593. The number of halogens is 3. The van der Waals surface area contributed by atoms with E-state index in [1.807, 2.05) is 35.2 Å². The van der Waals surface area contributed by atoms with Gasteiger partial charge in [0.25, 0.3) is 0 Å². The fourth-order valence-electron chi connectivity index (χ4n) is 5.74. The highest BCUT2D eigenvalue weighted by Gasteiger charge is 2.51. The third-order valence-electron chi connectivity index (χ3n) is 7.55. The maximum absolute atomic E-state index is 13.7. The minimum atomic E-state index is -4.42. The Kier molecular flexibility index (Phi) is 6.06. The van der Waals surface area contributed by atoms with Gasteiger partial charge in [-0.05, 0) is 49.3 Å². The molecule has 2 aromatic rings.